The van der Waals surface area contributed by atoms with Gasteiger partial charge in [0.2, 0.25) is 5.13 Å². The molecule has 4 heterocycles. The summed E-state index contributed by atoms with van der Waals surface area (Å²) in [6, 6.07) is 24.6. The lowest BCUT2D eigenvalue weighted by atomic mass is 10.1. The van der Waals surface area contributed by atoms with Crippen LogP contribution in [0.15, 0.2) is 90.0 Å². The highest BCUT2D eigenvalue weighted by Crippen LogP contribution is 2.32. The molecule has 0 N–H and O–H groups in total. The van der Waals surface area contributed by atoms with Gasteiger partial charge in [0.15, 0.2) is 44.5 Å². The molecule has 0 spiro atoms. The molecule has 3 aliphatic heterocycles. The number of hydrogen-bond acceptors (Lipinski definition) is 17. The fraction of sp³-hybridized carbons (Fsp3) is 0.349. The van der Waals surface area contributed by atoms with Crippen LogP contribution in [0.2, 0.25) is 0 Å². The highest BCUT2D eigenvalue weighted by atomic mass is 32.1. The minimum atomic E-state index is -0.648. The zero-order valence-electron chi connectivity index (χ0n) is 32.7. The second-order valence-electron chi connectivity index (χ2n) is 13.6. The number of esters is 2. The molecule has 16 nitrogen and oxygen atoms in total. The van der Waals surface area contributed by atoms with E-state index >= 15 is 0 Å². The molecule has 3 atom stereocenters. The second-order valence-corrected chi connectivity index (χ2v) is 14.6. The zero-order valence-corrected chi connectivity index (χ0v) is 33.5. The summed E-state index contributed by atoms with van der Waals surface area (Å²) >= 11 is 1.54. The maximum absolute atomic E-state index is 13.7. The third-order valence-corrected chi connectivity index (χ3v) is 10.1. The van der Waals surface area contributed by atoms with Crippen molar-refractivity contribution in [3.63, 3.8) is 0 Å². The first-order valence-corrected chi connectivity index (χ1v) is 20.3. The number of hydrogen-bond donors (Lipinski definition) is 0. The summed E-state index contributed by atoms with van der Waals surface area (Å²) in [5.74, 6) is 0.288. The number of thiazole rings is 1. The molecule has 0 aliphatic carbocycles. The Bertz CT molecular complexity index is 2220. The van der Waals surface area contributed by atoms with Gasteiger partial charge in [-0.15, -0.1) is 0 Å². The number of benzene rings is 4. The molecule has 3 fully saturated rings. The summed E-state index contributed by atoms with van der Waals surface area (Å²) in [5, 5.41) is 7.38. The summed E-state index contributed by atoms with van der Waals surface area (Å²) in [6.07, 6.45) is 2.36. The van der Waals surface area contributed by atoms with Crippen molar-refractivity contribution in [2.75, 3.05) is 65.0 Å². The van der Waals surface area contributed by atoms with Crippen LogP contribution in [0.25, 0.3) is 10.2 Å². The fourth-order valence-corrected chi connectivity index (χ4v) is 6.54. The van der Waals surface area contributed by atoms with Crippen molar-refractivity contribution in [1.29, 1.82) is 0 Å². The molecule has 0 amide bonds. The third kappa shape index (κ3) is 12.0. The molecule has 0 radical (unpaired) electrons. The van der Waals surface area contributed by atoms with Crippen molar-refractivity contribution in [2.24, 2.45) is 5.10 Å². The van der Waals surface area contributed by atoms with E-state index in [-0.39, 0.29) is 62.7 Å². The summed E-state index contributed by atoms with van der Waals surface area (Å²) in [5.41, 5.74) is 2.80. The van der Waals surface area contributed by atoms with E-state index in [0.717, 1.165) is 27.3 Å². The summed E-state index contributed by atoms with van der Waals surface area (Å²) in [7, 11) is 0. The molecule has 3 unspecified atom stereocenters. The van der Waals surface area contributed by atoms with Gasteiger partial charge in [0.25, 0.3) is 0 Å². The number of rotatable bonds is 24. The molecule has 3 aliphatic rings. The van der Waals surface area contributed by atoms with Gasteiger partial charge in [0.1, 0.15) is 30.8 Å². The molecule has 3 saturated heterocycles. The molecule has 8 rings (SSSR count). The van der Waals surface area contributed by atoms with E-state index in [4.69, 9.17) is 62.2 Å². The topological polar surface area (TPSA) is 174 Å². The number of anilines is 1. The summed E-state index contributed by atoms with van der Waals surface area (Å²) in [4.78, 5) is 31.4. The first-order valence-electron chi connectivity index (χ1n) is 19.4. The Kier molecular flexibility index (Phi) is 13.7. The van der Waals surface area contributed by atoms with Gasteiger partial charge in [-0.2, -0.15) is 5.10 Å². The molecule has 60 heavy (non-hydrogen) atoms. The van der Waals surface area contributed by atoms with Gasteiger partial charge in [0, 0.05) is 18.5 Å². The van der Waals surface area contributed by atoms with E-state index in [9.17, 15) is 9.59 Å². The van der Waals surface area contributed by atoms with E-state index in [1.165, 1.54) is 17.4 Å². The van der Waals surface area contributed by atoms with Gasteiger partial charge in [-0.05, 0) is 78.7 Å². The quantitative estimate of drug-likeness (QED) is 0.0128. The first-order chi connectivity index (χ1) is 29.5. The zero-order chi connectivity index (χ0) is 41.1. The van der Waals surface area contributed by atoms with Gasteiger partial charge < -0.3 is 52.1 Å². The minimum absolute atomic E-state index is 0.0757. The lowest BCUT2D eigenvalue weighted by molar-refractivity contribution is -0.0457. The first kappa shape index (κ1) is 41.1. The van der Waals surface area contributed by atoms with Gasteiger partial charge in [-0.1, -0.05) is 36.5 Å². The normalized spacial score (nSPS) is 17.6. The Morgan fingerprint density at radius 2 is 1.55 bits per heavy atom. The molecule has 0 bridgehead atoms. The summed E-state index contributed by atoms with van der Waals surface area (Å²) in [6.45, 7) is 4.84. The number of hydrazone groups is 1. The molecule has 1 aromatic heterocycles. The van der Waals surface area contributed by atoms with Crippen LogP contribution in [-0.2, 0) is 39.6 Å². The summed E-state index contributed by atoms with van der Waals surface area (Å²) < 4.78 is 61.3. The second kappa shape index (κ2) is 20.1. The Balaban J connectivity index is 0.960. The molecule has 4 aromatic carbocycles. The average Bonchev–Trinajstić information content (AvgIpc) is 4.15. The van der Waals surface area contributed by atoms with Gasteiger partial charge >= 0.3 is 11.9 Å². The van der Waals surface area contributed by atoms with Crippen molar-refractivity contribution in [3.05, 3.63) is 107 Å². The van der Waals surface area contributed by atoms with E-state index < -0.39 is 11.9 Å². The van der Waals surface area contributed by atoms with Gasteiger partial charge in [0.05, 0.1) is 47.4 Å². The highest BCUT2D eigenvalue weighted by Gasteiger charge is 2.26. The van der Waals surface area contributed by atoms with Crippen LogP contribution in [0.1, 0.15) is 45.2 Å². The molecular weight excluding hydrogens is 799 g/mol. The van der Waals surface area contributed by atoms with Crippen LogP contribution in [0.3, 0.4) is 0 Å². The predicted molar refractivity (Wildman–Crippen MR) is 217 cm³/mol. The molecular formula is C43H43N3O13S. The monoisotopic (exact) mass is 841 g/mol. The number of fused-ring (bicyclic) bond motifs is 1. The van der Waals surface area contributed by atoms with Crippen LogP contribution in [0, 0.1) is 0 Å². The van der Waals surface area contributed by atoms with E-state index in [0.29, 0.717) is 62.0 Å². The minimum Gasteiger partial charge on any atom is -0.468 e. The van der Waals surface area contributed by atoms with Crippen LogP contribution >= 0.6 is 11.3 Å². The van der Waals surface area contributed by atoms with Crippen molar-refractivity contribution in [3.8, 4) is 23.0 Å². The Morgan fingerprint density at radius 1 is 0.817 bits per heavy atom. The molecule has 5 aromatic rings. The maximum atomic E-state index is 13.7. The SMILES string of the molecule is CCCN(/N=C/c1cc(CCOC(=O)c2ccc(OCOCC3CO3)cc2)ccc1OC(=O)c1ccc(OCOC2CO2)c(OCOC2CO2)c1)c1nc2ccccc2s1. The number of nitrogens with zero attached hydrogens (tertiary/aromatic N) is 3. The number of aromatic nitrogens is 1. The van der Waals surface area contributed by atoms with Crippen LogP contribution in [-0.4, -0.2) is 102 Å². The van der Waals surface area contributed by atoms with Gasteiger partial charge in [-0.25, -0.2) is 19.6 Å². The lowest BCUT2D eigenvalue weighted by Crippen LogP contribution is -2.17. The lowest BCUT2D eigenvalue weighted by Gasteiger charge is -2.16. The van der Waals surface area contributed by atoms with Crippen molar-refractivity contribution < 1.29 is 61.7 Å². The standard InChI is InChI=1S/C43H43N3O13S/c1-2-16-46(43-45-34-5-3-4-6-38(34)60-43)44-20-31-18-28(15-17-50-41(47)29-8-11-32(12-9-29)54-25-49-21-33-22-51-33)7-13-35(31)59-42(48)30-10-14-36(55-26-57-39-23-52-39)37(19-30)56-27-58-40-24-53-40/h3-14,18-20,33,39-40H,2,15-17,21-27H2,1H3/b44-20+. The number of carbonyl (C=O) groups excluding carboxylic acids is 2. The van der Waals surface area contributed by atoms with Crippen molar-refractivity contribution in [1.82, 2.24) is 4.98 Å². The van der Waals surface area contributed by atoms with Crippen molar-refractivity contribution in [2.45, 2.75) is 38.4 Å². The molecule has 314 valence electrons. The molecule has 17 heteroatoms. The van der Waals surface area contributed by atoms with Crippen LogP contribution in [0.5, 0.6) is 23.0 Å². The third-order valence-electron chi connectivity index (χ3n) is 9.00. The number of para-hydroxylation sites is 1. The van der Waals surface area contributed by atoms with Crippen LogP contribution in [0.4, 0.5) is 5.13 Å². The van der Waals surface area contributed by atoms with E-state index in [2.05, 4.69) is 6.92 Å². The Morgan fingerprint density at radius 3 is 2.28 bits per heavy atom. The maximum Gasteiger partial charge on any atom is 0.343 e. The predicted octanol–water partition coefficient (Wildman–Crippen LogP) is 6.34. The Labute approximate surface area is 349 Å². The number of ether oxygens (including phenoxy) is 11. The van der Waals surface area contributed by atoms with E-state index in [1.807, 2.05) is 35.3 Å². The number of carbonyl (C=O) groups is 2. The molecule has 0 saturated carbocycles. The average molecular weight is 842 g/mol. The van der Waals surface area contributed by atoms with Gasteiger partial charge in [-0.3, -0.25) is 0 Å². The highest BCUT2D eigenvalue weighted by molar-refractivity contribution is 7.22. The van der Waals surface area contributed by atoms with Crippen molar-refractivity contribution >= 4 is 44.8 Å². The Hall–Kier alpha value is -5.66. The van der Waals surface area contributed by atoms with E-state index in [1.54, 1.807) is 54.7 Å². The van der Waals surface area contributed by atoms with Crippen LogP contribution < -0.4 is 24.0 Å². The largest absolute Gasteiger partial charge is 0.468 e. The fourth-order valence-electron chi connectivity index (χ4n) is 5.59. The smallest absolute Gasteiger partial charge is 0.343 e. The number of epoxide rings is 3.